The van der Waals surface area contributed by atoms with Crippen LogP contribution in [0.25, 0.3) is 0 Å². The summed E-state index contributed by atoms with van der Waals surface area (Å²) in [6.07, 6.45) is 5.02. The standard InChI is InChI=1S/C22H31FN6S/c1-24-22(27-17-9-12-29(15-17)21-18(23)7-3-10-25-21)26-14-16-6-4-11-28(2)20(16)19-8-5-13-30-19/h3,5,7-8,10,13,16-17,20H,4,6,9,11-12,14-15H2,1-2H3,(H2,24,26,27). The molecular weight excluding hydrogens is 399 g/mol. The molecule has 4 heterocycles. The first-order valence-corrected chi connectivity index (χ1v) is 11.6. The Kier molecular flexibility index (Phi) is 6.84. The molecule has 6 nitrogen and oxygen atoms in total. The van der Waals surface area contributed by atoms with E-state index in [-0.39, 0.29) is 11.9 Å². The Hall–Kier alpha value is -2.19. The van der Waals surface area contributed by atoms with E-state index in [0.29, 0.717) is 17.8 Å². The first-order chi connectivity index (χ1) is 14.7. The summed E-state index contributed by atoms with van der Waals surface area (Å²) in [5.41, 5.74) is 0. The van der Waals surface area contributed by atoms with E-state index in [1.54, 1.807) is 12.3 Å². The Labute approximate surface area is 182 Å². The Morgan fingerprint density at radius 1 is 1.30 bits per heavy atom. The molecule has 2 N–H and O–H groups in total. The van der Waals surface area contributed by atoms with Crippen LogP contribution in [0.15, 0.2) is 40.8 Å². The van der Waals surface area contributed by atoms with Gasteiger partial charge in [0.15, 0.2) is 17.6 Å². The van der Waals surface area contributed by atoms with Crippen molar-refractivity contribution in [1.82, 2.24) is 20.5 Å². The minimum Gasteiger partial charge on any atom is -0.356 e. The Balaban J connectivity index is 1.32. The predicted octanol–water partition coefficient (Wildman–Crippen LogP) is 3.11. The van der Waals surface area contributed by atoms with Crippen molar-refractivity contribution in [1.29, 1.82) is 0 Å². The summed E-state index contributed by atoms with van der Waals surface area (Å²) in [4.78, 5) is 14.6. The van der Waals surface area contributed by atoms with Gasteiger partial charge in [-0.3, -0.25) is 9.89 Å². The van der Waals surface area contributed by atoms with E-state index in [1.807, 2.05) is 23.3 Å². The van der Waals surface area contributed by atoms with Gasteiger partial charge in [-0.1, -0.05) is 6.07 Å². The van der Waals surface area contributed by atoms with E-state index in [4.69, 9.17) is 0 Å². The van der Waals surface area contributed by atoms with E-state index < -0.39 is 0 Å². The van der Waals surface area contributed by atoms with Crippen LogP contribution in [0.4, 0.5) is 10.2 Å². The van der Waals surface area contributed by atoms with E-state index in [9.17, 15) is 4.39 Å². The quantitative estimate of drug-likeness (QED) is 0.564. The van der Waals surface area contributed by atoms with Crippen LogP contribution < -0.4 is 15.5 Å². The second-order valence-electron chi connectivity index (χ2n) is 8.18. The van der Waals surface area contributed by atoms with Crippen molar-refractivity contribution in [2.24, 2.45) is 10.9 Å². The van der Waals surface area contributed by atoms with Crippen LogP contribution >= 0.6 is 11.3 Å². The summed E-state index contributed by atoms with van der Waals surface area (Å²) in [6.45, 7) is 3.54. The van der Waals surface area contributed by atoms with Crippen LogP contribution in [0.2, 0.25) is 0 Å². The molecule has 3 atom stereocenters. The number of anilines is 1. The maximum Gasteiger partial charge on any atom is 0.191 e. The number of pyridine rings is 1. The van der Waals surface area contributed by atoms with Gasteiger partial charge in [0, 0.05) is 49.8 Å². The molecule has 2 aliphatic rings. The number of aliphatic imine (C=N–C) groups is 1. The number of hydrogen-bond acceptors (Lipinski definition) is 5. The van der Waals surface area contributed by atoms with Crippen molar-refractivity contribution in [3.8, 4) is 0 Å². The fourth-order valence-corrected chi connectivity index (χ4v) is 5.66. The van der Waals surface area contributed by atoms with E-state index in [0.717, 1.165) is 38.6 Å². The molecule has 0 aliphatic carbocycles. The highest BCUT2D eigenvalue weighted by molar-refractivity contribution is 7.10. The average Bonchev–Trinajstić information content (AvgIpc) is 3.44. The largest absolute Gasteiger partial charge is 0.356 e. The van der Waals surface area contributed by atoms with Gasteiger partial charge >= 0.3 is 0 Å². The number of likely N-dealkylation sites (tertiary alicyclic amines) is 1. The number of rotatable bonds is 5. The second kappa shape index (κ2) is 9.75. The molecule has 30 heavy (non-hydrogen) atoms. The SMILES string of the molecule is CN=C(NCC1CCCN(C)C1c1cccs1)NC1CCN(c2ncccc2F)C1. The third-order valence-electron chi connectivity index (χ3n) is 6.16. The summed E-state index contributed by atoms with van der Waals surface area (Å²) in [5, 5.41) is 9.24. The lowest BCUT2D eigenvalue weighted by atomic mass is 9.88. The zero-order valence-corrected chi connectivity index (χ0v) is 18.5. The van der Waals surface area contributed by atoms with E-state index >= 15 is 0 Å². The monoisotopic (exact) mass is 430 g/mol. The van der Waals surface area contributed by atoms with Crippen molar-refractivity contribution in [3.63, 3.8) is 0 Å². The number of guanidine groups is 1. The van der Waals surface area contributed by atoms with Crippen LogP contribution in [-0.4, -0.2) is 62.2 Å². The maximum atomic E-state index is 14.0. The minimum absolute atomic E-state index is 0.222. The molecule has 2 saturated heterocycles. The molecule has 0 bridgehead atoms. The topological polar surface area (TPSA) is 55.8 Å². The number of hydrogen-bond donors (Lipinski definition) is 2. The van der Waals surface area contributed by atoms with Gasteiger partial charge in [-0.25, -0.2) is 9.37 Å². The van der Waals surface area contributed by atoms with Crippen LogP contribution in [0.1, 0.15) is 30.2 Å². The molecular formula is C22H31FN6S. The summed E-state index contributed by atoms with van der Waals surface area (Å²) < 4.78 is 14.0. The predicted molar refractivity (Wildman–Crippen MR) is 122 cm³/mol. The zero-order valence-electron chi connectivity index (χ0n) is 17.7. The maximum absolute atomic E-state index is 14.0. The molecule has 4 rings (SSSR count). The smallest absolute Gasteiger partial charge is 0.191 e. The van der Waals surface area contributed by atoms with E-state index in [2.05, 4.69) is 50.1 Å². The lowest BCUT2D eigenvalue weighted by Crippen LogP contribution is -2.48. The molecule has 2 aromatic rings. The molecule has 0 saturated carbocycles. The zero-order chi connectivity index (χ0) is 20.9. The van der Waals surface area contributed by atoms with E-state index in [1.165, 1.54) is 23.8 Å². The highest BCUT2D eigenvalue weighted by Crippen LogP contribution is 2.36. The Bertz CT molecular complexity index is 842. The van der Waals surface area contributed by atoms with Crippen molar-refractivity contribution in [2.45, 2.75) is 31.3 Å². The highest BCUT2D eigenvalue weighted by atomic mass is 32.1. The number of piperidine rings is 1. The van der Waals surface area contributed by atoms with Gasteiger partial charge in [-0.15, -0.1) is 11.3 Å². The van der Waals surface area contributed by atoms with Gasteiger partial charge in [0.05, 0.1) is 0 Å². The molecule has 162 valence electrons. The number of aromatic nitrogens is 1. The first-order valence-electron chi connectivity index (χ1n) is 10.7. The van der Waals surface area contributed by atoms with Crippen molar-refractivity contribution >= 4 is 23.1 Å². The number of nitrogens with one attached hydrogen (secondary N) is 2. The molecule has 0 radical (unpaired) electrons. The second-order valence-corrected chi connectivity index (χ2v) is 9.16. The Morgan fingerprint density at radius 3 is 2.97 bits per heavy atom. The molecule has 8 heteroatoms. The van der Waals surface area contributed by atoms with Gasteiger partial charge in [-0.2, -0.15) is 0 Å². The number of halogens is 1. The van der Waals surface area contributed by atoms with Crippen molar-refractivity contribution in [2.75, 3.05) is 45.2 Å². The number of nitrogens with zero attached hydrogens (tertiary/aromatic N) is 4. The van der Waals surface area contributed by atoms with Gasteiger partial charge in [0.2, 0.25) is 0 Å². The highest BCUT2D eigenvalue weighted by Gasteiger charge is 2.31. The summed E-state index contributed by atoms with van der Waals surface area (Å²) >= 11 is 1.85. The van der Waals surface area contributed by atoms with Crippen molar-refractivity contribution in [3.05, 3.63) is 46.5 Å². The van der Waals surface area contributed by atoms with Crippen LogP contribution in [-0.2, 0) is 0 Å². The average molecular weight is 431 g/mol. The molecule has 0 spiro atoms. The van der Waals surface area contributed by atoms with Crippen molar-refractivity contribution < 1.29 is 4.39 Å². The Morgan fingerprint density at radius 2 is 2.20 bits per heavy atom. The third kappa shape index (κ3) is 4.75. The normalized spacial score (nSPS) is 25.5. The fraction of sp³-hybridized carbons (Fsp3) is 0.545. The van der Waals surface area contributed by atoms with Gasteiger partial charge in [0.25, 0.3) is 0 Å². The molecule has 2 aliphatic heterocycles. The van der Waals surface area contributed by atoms with Crippen LogP contribution in [0.3, 0.4) is 0 Å². The first kappa shape index (κ1) is 21.1. The van der Waals surface area contributed by atoms with Gasteiger partial charge < -0.3 is 15.5 Å². The van der Waals surface area contributed by atoms with Crippen LogP contribution in [0.5, 0.6) is 0 Å². The van der Waals surface area contributed by atoms with Gasteiger partial charge in [-0.05, 0) is 62.4 Å². The third-order valence-corrected chi connectivity index (χ3v) is 7.11. The fourth-order valence-electron chi connectivity index (χ4n) is 4.68. The molecule has 2 aromatic heterocycles. The summed E-state index contributed by atoms with van der Waals surface area (Å²) in [6, 6.07) is 8.17. The van der Waals surface area contributed by atoms with Crippen LogP contribution in [0, 0.1) is 11.7 Å². The number of thiophene rings is 1. The molecule has 0 amide bonds. The minimum atomic E-state index is -0.262. The lowest BCUT2D eigenvalue weighted by molar-refractivity contribution is 0.125. The summed E-state index contributed by atoms with van der Waals surface area (Å²) in [5.74, 6) is 1.54. The molecule has 0 aromatic carbocycles. The van der Waals surface area contributed by atoms with Gasteiger partial charge in [0.1, 0.15) is 0 Å². The molecule has 3 unspecified atom stereocenters. The molecule has 2 fully saturated rings. The lowest BCUT2D eigenvalue weighted by Gasteiger charge is -2.39. The summed E-state index contributed by atoms with van der Waals surface area (Å²) in [7, 11) is 4.04.